The zero-order valence-electron chi connectivity index (χ0n) is 9.34. The van der Waals surface area contributed by atoms with E-state index in [1.54, 1.807) is 0 Å². The molecular weight excluding hydrogens is 174 g/mol. The molecule has 0 aromatic carbocycles. The molecular formula is C12H19NO. The van der Waals surface area contributed by atoms with E-state index in [4.69, 9.17) is 10.00 Å². The van der Waals surface area contributed by atoms with Crippen LogP contribution in [-0.4, -0.2) is 13.2 Å². The Bertz CT molecular complexity index is 242. The van der Waals surface area contributed by atoms with Crippen LogP contribution in [0.2, 0.25) is 0 Å². The van der Waals surface area contributed by atoms with E-state index in [1.807, 2.05) is 12.1 Å². The number of ether oxygens (including phenoxy) is 1. The van der Waals surface area contributed by atoms with Crippen LogP contribution < -0.4 is 0 Å². The summed E-state index contributed by atoms with van der Waals surface area (Å²) in [5, 5.41) is 8.23. The fraction of sp³-hybridized carbons (Fsp3) is 0.583. The van der Waals surface area contributed by atoms with Gasteiger partial charge in [-0.1, -0.05) is 23.3 Å². The lowest BCUT2D eigenvalue weighted by molar-refractivity contribution is 0.197. The molecule has 2 nitrogen and oxygen atoms in total. The molecule has 0 saturated carbocycles. The summed E-state index contributed by atoms with van der Waals surface area (Å²) in [6.45, 7) is 7.03. The lowest BCUT2D eigenvalue weighted by Crippen LogP contribution is -1.91. The van der Waals surface area contributed by atoms with Gasteiger partial charge in [0.2, 0.25) is 0 Å². The van der Waals surface area contributed by atoms with Gasteiger partial charge in [-0.15, -0.1) is 0 Å². The summed E-state index contributed by atoms with van der Waals surface area (Å²) in [5.41, 5.74) is 2.68. The summed E-state index contributed by atoms with van der Waals surface area (Å²) >= 11 is 0. The van der Waals surface area contributed by atoms with Gasteiger partial charge in [0.1, 0.15) is 6.61 Å². The van der Waals surface area contributed by atoms with Crippen molar-refractivity contribution in [3.05, 3.63) is 23.3 Å². The van der Waals surface area contributed by atoms with Crippen molar-refractivity contribution in [2.24, 2.45) is 0 Å². The minimum Gasteiger partial charge on any atom is -0.362 e. The third-order valence-corrected chi connectivity index (χ3v) is 1.81. The van der Waals surface area contributed by atoms with Crippen LogP contribution in [0.25, 0.3) is 0 Å². The highest BCUT2D eigenvalue weighted by atomic mass is 16.5. The van der Waals surface area contributed by atoms with Gasteiger partial charge in [-0.05, 0) is 33.6 Å². The fourth-order valence-electron chi connectivity index (χ4n) is 0.996. The second kappa shape index (κ2) is 8.52. The van der Waals surface area contributed by atoms with E-state index in [0.29, 0.717) is 6.61 Å². The predicted octanol–water partition coefficient (Wildman–Crippen LogP) is 3.22. The first-order chi connectivity index (χ1) is 6.66. The van der Waals surface area contributed by atoms with Crippen LogP contribution in [0.5, 0.6) is 0 Å². The standard InChI is InChI=1S/C12H19NO/c1-11(2)5-4-6-12(3)7-9-14-10-8-13/h5,7H,4,6,9-10H2,1-3H3/b12-7+. The van der Waals surface area contributed by atoms with Crippen LogP contribution in [0.1, 0.15) is 33.6 Å². The molecule has 0 aromatic heterocycles. The van der Waals surface area contributed by atoms with Crippen LogP contribution in [0.4, 0.5) is 0 Å². The van der Waals surface area contributed by atoms with E-state index >= 15 is 0 Å². The lowest BCUT2D eigenvalue weighted by Gasteiger charge is -1.99. The molecule has 0 aliphatic rings. The van der Waals surface area contributed by atoms with E-state index in [0.717, 1.165) is 12.8 Å². The number of rotatable bonds is 6. The maximum Gasteiger partial charge on any atom is 0.134 e. The average Bonchev–Trinajstić information content (AvgIpc) is 2.12. The monoisotopic (exact) mass is 193 g/mol. The van der Waals surface area contributed by atoms with Crippen molar-refractivity contribution in [1.82, 2.24) is 0 Å². The first kappa shape index (κ1) is 12.9. The summed E-state index contributed by atoms with van der Waals surface area (Å²) in [4.78, 5) is 0. The Hall–Kier alpha value is -1.07. The summed E-state index contributed by atoms with van der Waals surface area (Å²) < 4.78 is 5.03. The molecule has 0 bridgehead atoms. The summed E-state index contributed by atoms with van der Waals surface area (Å²) in [5.74, 6) is 0. The van der Waals surface area contributed by atoms with Crippen molar-refractivity contribution in [1.29, 1.82) is 5.26 Å². The number of allylic oxidation sites excluding steroid dienone is 3. The fourth-order valence-corrected chi connectivity index (χ4v) is 0.996. The number of nitrogens with zero attached hydrogens (tertiary/aromatic N) is 1. The number of hydrogen-bond donors (Lipinski definition) is 0. The summed E-state index contributed by atoms with van der Waals surface area (Å²) in [6, 6.07) is 1.94. The molecule has 0 saturated heterocycles. The van der Waals surface area contributed by atoms with Crippen molar-refractivity contribution < 1.29 is 4.74 Å². The highest BCUT2D eigenvalue weighted by Gasteiger charge is 1.88. The third kappa shape index (κ3) is 9.02. The quantitative estimate of drug-likeness (QED) is 0.479. The molecule has 2 heteroatoms. The Balaban J connectivity index is 3.58. The average molecular weight is 193 g/mol. The van der Waals surface area contributed by atoms with E-state index in [9.17, 15) is 0 Å². The molecule has 0 spiro atoms. The Morgan fingerprint density at radius 1 is 1.29 bits per heavy atom. The lowest BCUT2D eigenvalue weighted by atomic mass is 10.1. The minimum atomic E-state index is 0.178. The first-order valence-electron chi connectivity index (χ1n) is 4.90. The Kier molecular flexibility index (Phi) is 7.87. The second-order valence-corrected chi connectivity index (χ2v) is 3.54. The molecule has 0 aliphatic heterocycles. The molecule has 0 atom stereocenters. The Morgan fingerprint density at radius 2 is 2.00 bits per heavy atom. The second-order valence-electron chi connectivity index (χ2n) is 3.54. The zero-order chi connectivity index (χ0) is 10.8. The van der Waals surface area contributed by atoms with Gasteiger partial charge < -0.3 is 4.74 Å². The van der Waals surface area contributed by atoms with Crippen molar-refractivity contribution in [3.63, 3.8) is 0 Å². The first-order valence-corrected chi connectivity index (χ1v) is 4.90. The minimum absolute atomic E-state index is 0.178. The van der Waals surface area contributed by atoms with Gasteiger partial charge in [0.05, 0.1) is 12.7 Å². The highest BCUT2D eigenvalue weighted by molar-refractivity contribution is 5.02. The molecule has 0 unspecified atom stereocenters. The molecule has 14 heavy (non-hydrogen) atoms. The maximum absolute atomic E-state index is 8.23. The largest absolute Gasteiger partial charge is 0.362 e. The summed E-state index contributed by atoms with van der Waals surface area (Å²) in [7, 11) is 0. The normalized spacial score (nSPS) is 10.9. The van der Waals surface area contributed by atoms with Crippen LogP contribution in [-0.2, 0) is 4.74 Å². The smallest absolute Gasteiger partial charge is 0.134 e. The molecule has 0 heterocycles. The Morgan fingerprint density at radius 3 is 2.57 bits per heavy atom. The van der Waals surface area contributed by atoms with Crippen LogP contribution in [0.15, 0.2) is 23.3 Å². The maximum atomic E-state index is 8.23. The predicted molar refractivity (Wildman–Crippen MR) is 58.9 cm³/mol. The highest BCUT2D eigenvalue weighted by Crippen LogP contribution is 2.06. The van der Waals surface area contributed by atoms with Gasteiger partial charge in [0, 0.05) is 0 Å². The van der Waals surface area contributed by atoms with E-state index < -0.39 is 0 Å². The van der Waals surface area contributed by atoms with E-state index in [1.165, 1.54) is 11.1 Å². The van der Waals surface area contributed by atoms with Gasteiger partial charge >= 0.3 is 0 Å². The van der Waals surface area contributed by atoms with Crippen molar-refractivity contribution in [2.45, 2.75) is 33.6 Å². The van der Waals surface area contributed by atoms with Crippen LogP contribution in [0.3, 0.4) is 0 Å². The topological polar surface area (TPSA) is 33.0 Å². The van der Waals surface area contributed by atoms with Crippen molar-refractivity contribution in [3.8, 4) is 6.07 Å². The SMILES string of the molecule is CC(C)=CCC/C(C)=C/COCC#N. The van der Waals surface area contributed by atoms with E-state index in [2.05, 4.69) is 26.8 Å². The van der Waals surface area contributed by atoms with Crippen molar-refractivity contribution in [2.75, 3.05) is 13.2 Å². The molecule has 0 rings (SSSR count). The molecule has 78 valence electrons. The third-order valence-electron chi connectivity index (χ3n) is 1.81. The molecule has 0 aliphatic carbocycles. The molecule has 0 fully saturated rings. The van der Waals surface area contributed by atoms with Gasteiger partial charge in [-0.2, -0.15) is 5.26 Å². The number of nitriles is 1. The Labute approximate surface area is 86.9 Å². The van der Waals surface area contributed by atoms with Gasteiger partial charge in [-0.25, -0.2) is 0 Å². The zero-order valence-corrected chi connectivity index (χ0v) is 9.34. The number of hydrogen-bond acceptors (Lipinski definition) is 2. The van der Waals surface area contributed by atoms with Crippen molar-refractivity contribution >= 4 is 0 Å². The molecule has 0 N–H and O–H groups in total. The van der Waals surface area contributed by atoms with Gasteiger partial charge in [-0.3, -0.25) is 0 Å². The molecule has 0 amide bonds. The van der Waals surface area contributed by atoms with Crippen LogP contribution in [0, 0.1) is 11.3 Å². The molecule has 0 aromatic rings. The molecule has 0 radical (unpaired) electrons. The van der Waals surface area contributed by atoms with Gasteiger partial charge in [0.15, 0.2) is 0 Å². The van der Waals surface area contributed by atoms with Crippen LogP contribution >= 0.6 is 0 Å². The summed E-state index contributed by atoms with van der Waals surface area (Å²) in [6.07, 6.45) is 6.42. The van der Waals surface area contributed by atoms with Gasteiger partial charge in [0.25, 0.3) is 0 Å². The van der Waals surface area contributed by atoms with E-state index in [-0.39, 0.29) is 6.61 Å².